The van der Waals surface area contributed by atoms with Crippen molar-refractivity contribution in [3.8, 4) is 0 Å². The molecule has 0 saturated heterocycles. The van der Waals surface area contributed by atoms with E-state index >= 15 is 13.2 Å². The second-order valence-electron chi connectivity index (χ2n) is 8.09. The molecule has 3 rings (SSSR count). The zero-order valence-electron chi connectivity index (χ0n) is 18.9. The highest BCUT2D eigenvalue weighted by molar-refractivity contribution is 6.32. The molecule has 3 aromatic carbocycles. The minimum absolute atomic E-state index is 0.0341. The van der Waals surface area contributed by atoms with Crippen LogP contribution in [0.3, 0.4) is 0 Å². The molecule has 37 heavy (non-hydrogen) atoms. The predicted molar refractivity (Wildman–Crippen MR) is 113 cm³/mol. The van der Waals surface area contributed by atoms with Crippen LogP contribution in [0.1, 0.15) is 48.8 Å². The number of hydrogen-bond acceptors (Lipinski definition) is 3. The van der Waals surface area contributed by atoms with Gasteiger partial charge in [-0.25, -0.2) is 39.5 Å². The molecule has 0 aliphatic rings. The molecule has 0 amide bonds. The van der Waals surface area contributed by atoms with E-state index in [9.17, 15) is 36.4 Å². The topological polar surface area (TPSA) is 49.7 Å². The standard InChI is InChI=1S/C24H18BF9O3/c1-2-3-4-12(11-5-8-15(26)21(32)18(11)29)24(37-25(35)36,13-6-9-16(27)22(33)19(13)30)14-7-10-17(28)23(34)20(14)31/h5-10,12,35-36H,2-4H2,1H3. The Hall–Kier alpha value is -3.03. The van der Waals surface area contributed by atoms with Crippen molar-refractivity contribution in [3.63, 3.8) is 0 Å². The van der Waals surface area contributed by atoms with Crippen molar-refractivity contribution in [1.82, 2.24) is 0 Å². The highest BCUT2D eigenvalue weighted by atomic mass is 19.2. The number of halogens is 9. The summed E-state index contributed by atoms with van der Waals surface area (Å²) < 4.78 is 135. The van der Waals surface area contributed by atoms with Gasteiger partial charge < -0.3 is 14.7 Å². The molecule has 1 atom stereocenters. The monoisotopic (exact) mass is 536 g/mol. The van der Waals surface area contributed by atoms with Crippen molar-refractivity contribution in [1.29, 1.82) is 0 Å². The van der Waals surface area contributed by atoms with Crippen molar-refractivity contribution < 1.29 is 54.2 Å². The third-order valence-corrected chi connectivity index (χ3v) is 5.94. The lowest BCUT2D eigenvalue weighted by Crippen LogP contribution is -2.45. The maximum Gasteiger partial charge on any atom is 0.634 e. The van der Waals surface area contributed by atoms with E-state index in [2.05, 4.69) is 0 Å². The highest BCUT2D eigenvalue weighted by Crippen LogP contribution is 2.51. The first-order valence-corrected chi connectivity index (χ1v) is 10.8. The van der Waals surface area contributed by atoms with Gasteiger partial charge in [0.05, 0.1) is 0 Å². The summed E-state index contributed by atoms with van der Waals surface area (Å²) in [5.41, 5.74) is -6.43. The van der Waals surface area contributed by atoms with Gasteiger partial charge in [0.1, 0.15) is 5.60 Å². The van der Waals surface area contributed by atoms with Crippen LogP contribution >= 0.6 is 0 Å². The summed E-state index contributed by atoms with van der Waals surface area (Å²) >= 11 is 0. The summed E-state index contributed by atoms with van der Waals surface area (Å²) in [6.45, 7) is 1.61. The molecule has 2 N–H and O–H groups in total. The van der Waals surface area contributed by atoms with Crippen LogP contribution in [0.2, 0.25) is 0 Å². The largest absolute Gasteiger partial charge is 0.634 e. The molecule has 13 heteroatoms. The fourth-order valence-corrected chi connectivity index (χ4v) is 4.32. The maximum atomic E-state index is 15.3. The molecular formula is C24H18BF9O3. The molecular weight excluding hydrogens is 518 g/mol. The van der Waals surface area contributed by atoms with Crippen LogP contribution in [0.5, 0.6) is 0 Å². The number of rotatable bonds is 9. The Balaban J connectivity index is 2.58. The van der Waals surface area contributed by atoms with E-state index in [4.69, 9.17) is 4.65 Å². The molecule has 0 heterocycles. The van der Waals surface area contributed by atoms with E-state index in [0.717, 1.165) is 0 Å². The van der Waals surface area contributed by atoms with Crippen LogP contribution in [0.4, 0.5) is 39.5 Å². The van der Waals surface area contributed by atoms with Gasteiger partial charge in [-0.2, -0.15) is 0 Å². The van der Waals surface area contributed by atoms with Gasteiger partial charge in [-0.05, 0) is 42.3 Å². The minimum atomic E-state index is -3.19. The minimum Gasteiger partial charge on any atom is -0.402 e. The Kier molecular flexibility index (Phi) is 8.61. The van der Waals surface area contributed by atoms with Crippen LogP contribution in [0.25, 0.3) is 0 Å². The van der Waals surface area contributed by atoms with Crippen molar-refractivity contribution in [2.75, 3.05) is 0 Å². The lowest BCUT2D eigenvalue weighted by atomic mass is 9.69. The summed E-state index contributed by atoms with van der Waals surface area (Å²) in [7, 11) is -2.99. The quantitative estimate of drug-likeness (QED) is 0.196. The molecule has 0 aliphatic carbocycles. The lowest BCUT2D eigenvalue weighted by molar-refractivity contribution is 0.0146. The zero-order chi connectivity index (χ0) is 27.7. The molecule has 0 spiro atoms. The fraction of sp³-hybridized carbons (Fsp3) is 0.250. The normalized spacial score (nSPS) is 12.6. The second kappa shape index (κ2) is 11.2. The van der Waals surface area contributed by atoms with Gasteiger partial charge in [0, 0.05) is 17.0 Å². The molecule has 198 valence electrons. The lowest BCUT2D eigenvalue weighted by Gasteiger charge is -2.43. The molecule has 0 aliphatic heterocycles. The SMILES string of the molecule is CCCCC(c1ccc(F)c(F)c1F)C(OB(O)O)(c1ccc(F)c(F)c1F)c1ccc(F)c(F)c1F. The number of unbranched alkanes of at least 4 members (excludes halogenated alkanes) is 1. The van der Waals surface area contributed by atoms with Crippen LogP contribution in [-0.4, -0.2) is 17.4 Å². The molecule has 3 aromatic rings. The van der Waals surface area contributed by atoms with Crippen LogP contribution < -0.4 is 0 Å². The molecule has 3 nitrogen and oxygen atoms in total. The van der Waals surface area contributed by atoms with Crippen molar-refractivity contribution in [2.24, 2.45) is 0 Å². The van der Waals surface area contributed by atoms with Crippen LogP contribution in [-0.2, 0) is 10.3 Å². The maximum absolute atomic E-state index is 15.3. The zero-order valence-corrected chi connectivity index (χ0v) is 18.9. The van der Waals surface area contributed by atoms with Gasteiger partial charge in [-0.1, -0.05) is 25.8 Å². The predicted octanol–water partition coefficient (Wildman–Crippen LogP) is 6.14. The Morgan fingerprint density at radius 3 is 1.54 bits per heavy atom. The molecule has 0 radical (unpaired) electrons. The summed E-state index contributed by atoms with van der Waals surface area (Å²) in [5, 5.41) is 19.5. The first-order valence-electron chi connectivity index (χ1n) is 10.8. The fourth-order valence-electron chi connectivity index (χ4n) is 4.32. The van der Waals surface area contributed by atoms with Gasteiger partial charge in [0.2, 0.25) is 0 Å². The van der Waals surface area contributed by atoms with E-state index in [1.165, 1.54) is 0 Å². The van der Waals surface area contributed by atoms with Crippen molar-refractivity contribution in [2.45, 2.75) is 37.7 Å². The van der Waals surface area contributed by atoms with Gasteiger partial charge in [0.15, 0.2) is 52.4 Å². The van der Waals surface area contributed by atoms with Gasteiger partial charge in [-0.3, -0.25) is 0 Å². The van der Waals surface area contributed by atoms with Gasteiger partial charge >= 0.3 is 7.32 Å². The Bertz CT molecular complexity index is 1250. The molecule has 0 fully saturated rings. The van der Waals surface area contributed by atoms with Gasteiger partial charge in [-0.15, -0.1) is 0 Å². The third-order valence-electron chi connectivity index (χ3n) is 5.94. The Morgan fingerprint density at radius 2 is 1.11 bits per heavy atom. The van der Waals surface area contributed by atoms with Crippen LogP contribution in [0.15, 0.2) is 36.4 Å². The van der Waals surface area contributed by atoms with E-state index < -0.39 is 94.3 Å². The van der Waals surface area contributed by atoms with Crippen LogP contribution in [0, 0.1) is 52.4 Å². The summed E-state index contributed by atoms with van der Waals surface area (Å²) in [6.07, 6.45) is -0.117. The van der Waals surface area contributed by atoms with E-state index in [1.54, 1.807) is 6.92 Å². The summed E-state index contributed by atoms with van der Waals surface area (Å²) in [5.74, 6) is -19.5. The Morgan fingerprint density at radius 1 is 0.676 bits per heavy atom. The first-order chi connectivity index (χ1) is 17.4. The number of hydrogen-bond donors (Lipinski definition) is 2. The molecule has 0 bridgehead atoms. The summed E-state index contributed by atoms with van der Waals surface area (Å²) in [6, 6.07) is 2.75. The first kappa shape index (κ1) is 28.5. The molecule has 0 aromatic heterocycles. The van der Waals surface area contributed by atoms with Crippen molar-refractivity contribution in [3.05, 3.63) is 105 Å². The van der Waals surface area contributed by atoms with Crippen molar-refractivity contribution >= 4 is 7.32 Å². The second-order valence-corrected chi connectivity index (χ2v) is 8.09. The molecule has 0 saturated carbocycles. The smallest absolute Gasteiger partial charge is 0.402 e. The van der Waals surface area contributed by atoms with E-state index in [-0.39, 0.29) is 6.42 Å². The van der Waals surface area contributed by atoms with Gasteiger partial charge in [0.25, 0.3) is 0 Å². The average molecular weight is 536 g/mol. The van der Waals surface area contributed by atoms with E-state index in [0.29, 0.717) is 42.8 Å². The molecule has 1 unspecified atom stereocenters. The Labute approximate surface area is 205 Å². The third kappa shape index (κ3) is 5.07. The summed E-state index contributed by atoms with van der Waals surface area (Å²) in [4.78, 5) is 0. The number of benzene rings is 3. The highest BCUT2D eigenvalue weighted by Gasteiger charge is 2.51. The van der Waals surface area contributed by atoms with E-state index in [1.807, 2.05) is 0 Å². The average Bonchev–Trinajstić information content (AvgIpc) is 2.85.